The van der Waals surface area contributed by atoms with E-state index >= 15 is 0 Å². The fourth-order valence-corrected chi connectivity index (χ4v) is 2.70. The Hall–Kier alpha value is -1.76. The van der Waals surface area contributed by atoms with Crippen LogP contribution in [0.25, 0.3) is 5.69 Å². The lowest BCUT2D eigenvalue weighted by atomic mass is 9.91. The van der Waals surface area contributed by atoms with Crippen LogP contribution in [-0.2, 0) is 6.54 Å². The van der Waals surface area contributed by atoms with Gasteiger partial charge in [-0.25, -0.2) is 9.07 Å². The molecule has 0 aliphatic carbocycles. The van der Waals surface area contributed by atoms with Crippen LogP contribution in [0.2, 0.25) is 0 Å². The summed E-state index contributed by atoms with van der Waals surface area (Å²) in [5.41, 5.74) is 0.334. The van der Waals surface area contributed by atoms with E-state index in [1.807, 2.05) is 0 Å². The maximum Gasteiger partial charge on any atom is 0.148 e. The third-order valence-electron chi connectivity index (χ3n) is 4.22. The van der Waals surface area contributed by atoms with Crippen molar-refractivity contribution in [2.24, 2.45) is 0 Å². The molecule has 22 heavy (non-hydrogen) atoms. The molecule has 1 fully saturated rings. The van der Waals surface area contributed by atoms with Gasteiger partial charge in [0.05, 0.1) is 17.9 Å². The molecule has 2 aromatic rings. The fourth-order valence-electron chi connectivity index (χ4n) is 2.70. The number of aliphatic hydroxyl groups excluding tert-OH is 1. The molecular formula is C16H20FN3O2. The molecule has 6 heteroatoms. The predicted octanol–water partition coefficient (Wildman–Crippen LogP) is 1.33. The second kappa shape index (κ2) is 5.79. The third-order valence-corrected chi connectivity index (χ3v) is 4.22. The van der Waals surface area contributed by atoms with E-state index in [2.05, 4.69) is 10.00 Å². The van der Waals surface area contributed by atoms with E-state index in [9.17, 15) is 14.6 Å². The number of nitrogens with zero attached hydrogens (tertiary/aromatic N) is 3. The van der Waals surface area contributed by atoms with Crippen LogP contribution in [0.5, 0.6) is 0 Å². The zero-order chi connectivity index (χ0) is 15.7. The van der Waals surface area contributed by atoms with Gasteiger partial charge in [0, 0.05) is 31.4 Å². The number of aromatic nitrogens is 2. The van der Waals surface area contributed by atoms with E-state index in [0.717, 1.165) is 5.56 Å². The van der Waals surface area contributed by atoms with Gasteiger partial charge in [-0.05, 0) is 25.5 Å². The van der Waals surface area contributed by atoms with Gasteiger partial charge in [0.15, 0.2) is 0 Å². The average Bonchev–Trinajstić information content (AvgIpc) is 2.92. The van der Waals surface area contributed by atoms with E-state index in [1.165, 1.54) is 10.7 Å². The molecule has 0 radical (unpaired) electrons. The molecule has 3 rings (SSSR count). The summed E-state index contributed by atoms with van der Waals surface area (Å²) in [6.07, 6.45) is 3.25. The highest BCUT2D eigenvalue weighted by atomic mass is 19.1. The lowest BCUT2D eigenvalue weighted by molar-refractivity contribution is -0.108. The maximum atomic E-state index is 13.7. The Bertz CT molecular complexity index is 656. The van der Waals surface area contributed by atoms with Crippen molar-refractivity contribution >= 4 is 0 Å². The number of likely N-dealkylation sites (tertiary alicyclic amines) is 1. The summed E-state index contributed by atoms with van der Waals surface area (Å²) in [5, 5.41) is 24.1. The Morgan fingerprint density at radius 2 is 2.18 bits per heavy atom. The van der Waals surface area contributed by atoms with E-state index in [0.29, 0.717) is 31.7 Å². The van der Waals surface area contributed by atoms with Crippen molar-refractivity contribution in [1.29, 1.82) is 0 Å². The van der Waals surface area contributed by atoms with Crippen LogP contribution in [-0.4, -0.2) is 49.7 Å². The molecule has 0 bridgehead atoms. The van der Waals surface area contributed by atoms with Gasteiger partial charge in [-0.3, -0.25) is 4.90 Å². The van der Waals surface area contributed by atoms with Gasteiger partial charge in [-0.2, -0.15) is 5.10 Å². The minimum atomic E-state index is -1.02. The Morgan fingerprint density at radius 1 is 1.41 bits per heavy atom. The molecule has 2 N–H and O–H groups in total. The van der Waals surface area contributed by atoms with Crippen LogP contribution < -0.4 is 0 Å². The number of para-hydroxylation sites is 1. The number of aliphatic hydroxyl groups is 2. The number of halogens is 1. The van der Waals surface area contributed by atoms with Crippen molar-refractivity contribution in [3.63, 3.8) is 0 Å². The summed E-state index contributed by atoms with van der Waals surface area (Å²) in [5.74, 6) is -0.318. The SMILES string of the molecule is C[C@@]1(O)CCN(Cc2cnn(-c3ccccc3F)c2)C[C@H]1O. The summed E-state index contributed by atoms with van der Waals surface area (Å²) >= 11 is 0. The number of β-amino-alcohol motifs (C(OH)–C–C–N with tert-alkyl or cyclic N) is 1. The van der Waals surface area contributed by atoms with Crippen molar-refractivity contribution in [1.82, 2.24) is 14.7 Å². The Balaban J connectivity index is 1.69. The number of hydrogen-bond acceptors (Lipinski definition) is 4. The average molecular weight is 305 g/mol. The van der Waals surface area contributed by atoms with E-state index < -0.39 is 11.7 Å². The van der Waals surface area contributed by atoms with Crippen LogP contribution >= 0.6 is 0 Å². The zero-order valence-corrected chi connectivity index (χ0v) is 12.5. The standard InChI is InChI=1S/C16H20FN3O2/c1-16(22)6-7-19(11-15(16)21)9-12-8-18-20(10-12)14-5-3-2-4-13(14)17/h2-5,8,10,15,21-22H,6-7,9,11H2,1H3/t15-,16-/m1/s1. The molecule has 0 spiro atoms. The molecule has 5 nitrogen and oxygen atoms in total. The number of hydrogen-bond donors (Lipinski definition) is 2. The molecule has 1 saturated heterocycles. The van der Waals surface area contributed by atoms with E-state index in [4.69, 9.17) is 0 Å². The van der Waals surface area contributed by atoms with Crippen molar-refractivity contribution in [3.05, 3.63) is 48.0 Å². The summed E-state index contributed by atoms with van der Waals surface area (Å²) < 4.78 is 15.3. The zero-order valence-electron chi connectivity index (χ0n) is 12.5. The molecule has 0 unspecified atom stereocenters. The number of rotatable bonds is 3. The summed E-state index contributed by atoms with van der Waals surface area (Å²) in [4.78, 5) is 2.06. The van der Waals surface area contributed by atoms with Gasteiger partial charge in [-0.15, -0.1) is 0 Å². The van der Waals surface area contributed by atoms with Crippen LogP contribution in [0.15, 0.2) is 36.7 Å². The molecule has 1 aromatic carbocycles. The van der Waals surface area contributed by atoms with Crippen molar-refractivity contribution in [3.8, 4) is 5.69 Å². The Kier molecular flexibility index (Phi) is 3.99. The van der Waals surface area contributed by atoms with Crippen LogP contribution in [0, 0.1) is 5.82 Å². The highest BCUT2D eigenvalue weighted by Gasteiger charge is 2.36. The van der Waals surface area contributed by atoms with Crippen LogP contribution in [0.3, 0.4) is 0 Å². The Labute approximate surface area is 128 Å². The summed E-state index contributed by atoms with van der Waals surface area (Å²) in [6, 6.07) is 6.49. The monoisotopic (exact) mass is 305 g/mol. The van der Waals surface area contributed by atoms with Crippen molar-refractivity contribution in [2.45, 2.75) is 31.6 Å². The molecule has 2 atom stereocenters. The van der Waals surface area contributed by atoms with Gasteiger partial charge in [-0.1, -0.05) is 12.1 Å². The predicted molar refractivity (Wildman–Crippen MR) is 80.0 cm³/mol. The molecule has 2 heterocycles. The van der Waals surface area contributed by atoms with Crippen molar-refractivity contribution in [2.75, 3.05) is 13.1 Å². The molecular weight excluding hydrogens is 285 g/mol. The van der Waals surface area contributed by atoms with Gasteiger partial charge < -0.3 is 10.2 Å². The first-order valence-corrected chi connectivity index (χ1v) is 7.37. The minimum Gasteiger partial charge on any atom is -0.389 e. The second-order valence-corrected chi connectivity index (χ2v) is 6.10. The normalized spacial score (nSPS) is 26.3. The highest BCUT2D eigenvalue weighted by molar-refractivity contribution is 5.32. The molecule has 0 amide bonds. The lowest BCUT2D eigenvalue weighted by Crippen LogP contribution is -2.53. The lowest BCUT2D eigenvalue weighted by Gasteiger charge is -2.39. The first-order chi connectivity index (χ1) is 10.5. The van der Waals surface area contributed by atoms with E-state index in [-0.39, 0.29) is 5.82 Å². The smallest absolute Gasteiger partial charge is 0.148 e. The maximum absolute atomic E-state index is 13.7. The van der Waals surface area contributed by atoms with Crippen LogP contribution in [0.4, 0.5) is 4.39 Å². The van der Waals surface area contributed by atoms with Gasteiger partial charge in [0.2, 0.25) is 0 Å². The minimum absolute atomic E-state index is 0.318. The van der Waals surface area contributed by atoms with E-state index in [1.54, 1.807) is 37.5 Å². The van der Waals surface area contributed by atoms with Crippen LogP contribution in [0.1, 0.15) is 18.9 Å². The number of benzene rings is 1. The summed E-state index contributed by atoms with van der Waals surface area (Å²) in [7, 11) is 0. The topological polar surface area (TPSA) is 61.5 Å². The molecule has 1 aliphatic heterocycles. The molecule has 1 aliphatic rings. The molecule has 1 aromatic heterocycles. The van der Waals surface area contributed by atoms with Gasteiger partial charge in [0.25, 0.3) is 0 Å². The third kappa shape index (κ3) is 3.04. The molecule has 0 saturated carbocycles. The largest absolute Gasteiger partial charge is 0.389 e. The van der Waals surface area contributed by atoms with Crippen molar-refractivity contribution < 1.29 is 14.6 Å². The van der Waals surface area contributed by atoms with Gasteiger partial charge in [0.1, 0.15) is 11.5 Å². The second-order valence-electron chi connectivity index (χ2n) is 6.10. The Morgan fingerprint density at radius 3 is 2.91 bits per heavy atom. The molecule has 118 valence electrons. The fraction of sp³-hybridized carbons (Fsp3) is 0.438. The quantitative estimate of drug-likeness (QED) is 0.898. The first kappa shape index (κ1) is 15.1. The first-order valence-electron chi connectivity index (χ1n) is 7.37. The number of piperidine rings is 1. The highest BCUT2D eigenvalue weighted by Crippen LogP contribution is 2.23. The summed E-state index contributed by atoms with van der Waals surface area (Å²) in [6.45, 7) is 3.39. The van der Waals surface area contributed by atoms with Gasteiger partial charge >= 0.3 is 0 Å².